The van der Waals surface area contributed by atoms with Crippen LogP contribution in [0.15, 0.2) is 59.3 Å². The van der Waals surface area contributed by atoms with Gasteiger partial charge in [0.25, 0.3) is 5.91 Å². The van der Waals surface area contributed by atoms with E-state index < -0.39 is 18.5 Å². The van der Waals surface area contributed by atoms with Gasteiger partial charge < -0.3 is 10.1 Å². The van der Waals surface area contributed by atoms with Crippen LogP contribution in [0.4, 0.5) is 5.00 Å². The molecule has 1 aromatic carbocycles. The number of para-hydroxylation sites is 1. The van der Waals surface area contributed by atoms with Crippen LogP contribution in [0.25, 0.3) is 21.5 Å². The van der Waals surface area contributed by atoms with E-state index in [-0.39, 0.29) is 0 Å². The maximum absolute atomic E-state index is 12.7. The Kier molecular flexibility index (Phi) is 5.33. The van der Waals surface area contributed by atoms with Crippen molar-refractivity contribution in [2.45, 2.75) is 0 Å². The van der Waals surface area contributed by atoms with Crippen molar-refractivity contribution in [1.29, 1.82) is 5.26 Å². The van der Waals surface area contributed by atoms with E-state index in [1.54, 1.807) is 23.6 Å². The summed E-state index contributed by atoms with van der Waals surface area (Å²) in [6.45, 7) is -0.452. The molecule has 0 atom stereocenters. The molecule has 0 spiro atoms. The zero-order valence-electron chi connectivity index (χ0n) is 14.9. The number of benzene rings is 1. The Morgan fingerprint density at radius 1 is 1.10 bits per heavy atom. The van der Waals surface area contributed by atoms with Crippen molar-refractivity contribution in [1.82, 2.24) is 4.98 Å². The van der Waals surface area contributed by atoms with Crippen LogP contribution in [-0.2, 0) is 9.53 Å². The Hall–Kier alpha value is -3.54. The first-order chi connectivity index (χ1) is 14.2. The summed E-state index contributed by atoms with van der Waals surface area (Å²) in [6, 6.07) is 16.4. The number of nitrogens with zero attached hydrogens (tertiary/aromatic N) is 2. The number of amides is 1. The van der Waals surface area contributed by atoms with Gasteiger partial charge in [-0.1, -0.05) is 24.3 Å². The minimum atomic E-state index is -0.608. The van der Waals surface area contributed by atoms with Crippen molar-refractivity contribution in [3.8, 4) is 16.6 Å². The number of nitrogens with one attached hydrogen (secondary N) is 1. The van der Waals surface area contributed by atoms with Gasteiger partial charge in [0.15, 0.2) is 6.61 Å². The van der Waals surface area contributed by atoms with Crippen LogP contribution in [0, 0.1) is 11.3 Å². The molecule has 29 heavy (non-hydrogen) atoms. The lowest BCUT2D eigenvalue weighted by atomic mass is 10.1. The minimum absolute atomic E-state index is 0.348. The van der Waals surface area contributed by atoms with Gasteiger partial charge in [0.1, 0.15) is 11.1 Å². The van der Waals surface area contributed by atoms with Crippen molar-refractivity contribution in [2.24, 2.45) is 0 Å². The number of carbonyl (C=O) groups excluding carboxylic acids is 2. The highest BCUT2D eigenvalue weighted by Gasteiger charge is 2.17. The number of anilines is 1. The number of rotatable bonds is 5. The maximum atomic E-state index is 12.7. The van der Waals surface area contributed by atoms with Gasteiger partial charge in [0.05, 0.1) is 27.2 Å². The van der Waals surface area contributed by atoms with Gasteiger partial charge in [-0.05, 0) is 35.0 Å². The second-order valence-corrected chi connectivity index (χ2v) is 7.81. The zero-order chi connectivity index (χ0) is 20.2. The van der Waals surface area contributed by atoms with Gasteiger partial charge in [-0.2, -0.15) is 5.26 Å². The molecule has 4 aromatic rings. The fraction of sp³-hybridized carbons (Fsp3) is 0.0476. The van der Waals surface area contributed by atoms with E-state index in [2.05, 4.69) is 10.3 Å². The third-order valence-corrected chi connectivity index (χ3v) is 5.80. The third kappa shape index (κ3) is 4.01. The van der Waals surface area contributed by atoms with Crippen LogP contribution in [0.3, 0.4) is 0 Å². The van der Waals surface area contributed by atoms with Gasteiger partial charge in [0.2, 0.25) is 0 Å². The summed E-state index contributed by atoms with van der Waals surface area (Å²) in [5.74, 6) is -1.11. The molecule has 3 aromatic heterocycles. The summed E-state index contributed by atoms with van der Waals surface area (Å²) in [5.41, 5.74) is 2.07. The van der Waals surface area contributed by atoms with E-state index in [9.17, 15) is 9.59 Å². The number of esters is 1. The molecule has 3 heterocycles. The summed E-state index contributed by atoms with van der Waals surface area (Å²) in [7, 11) is 0. The molecule has 1 amide bonds. The standard InChI is InChI=1S/C21H13N3O3S2/c22-11-13-7-9-29-20(13)24-19(25)12-27-21(26)15-10-17(18-6-3-8-28-18)23-16-5-2-1-4-14(15)16/h1-10H,12H2,(H,24,25). The van der Waals surface area contributed by atoms with E-state index in [0.717, 1.165) is 4.88 Å². The van der Waals surface area contributed by atoms with Gasteiger partial charge in [-0.3, -0.25) is 4.79 Å². The van der Waals surface area contributed by atoms with E-state index in [0.29, 0.717) is 32.7 Å². The molecule has 142 valence electrons. The van der Waals surface area contributed by atoms with Gasteiger partial charge in [0, 0.05) is 5.39 Å². The number of hydrogen-bond donors (Lipinski definition) is 1. The van der Waals surface area contributed by atoms with Crippen molar-refractivity contribution in [3.63, 3.8) is 0 Å². The third-order valence-electron chi connectivity index (χ3n) is 4.08. The SMILES string of the molecule is N#Cc1ccsc1NC(=O)COC(=O)c1cc(-c2cccs2)nc2ccccc12. The summed E-state index contributed by atoms with van der Waals surface area (Å²) < 4.78 is 5.24. The summed E-state index contributed by atoms with van der Waals surface area (Å²) in [6.07, 6.45) is 0. The molecule has 0 unspecified atom stereocenters. The van der Waals surface area contributed by atoms with Crippen LogP contribution in [0.5, 0.6) is 0 Å². The number of aromatic nitrogens is 1. The Morgan fingerprint density at radius 3 is 2.76 bits per heavy atom. The van der Waals surface area contributed by atoms with Crippen molar-refractivity contribution in [3.05, 3.63) is 70.4 Å². The van der Waals surface area contributed by atoms with Crippen molar-refractivity contribution >= 4 is 50.5 Å². The normalized spacial score (nSPS) is 10.4. The Labute approximate surface area is 174 Å². The number of thiophene rings is 2. The van der Waals surface area contributed by atoms with E-state index in [1.807, 2.05) is 41.8 Å². The van der Waals surface area contributed by atoms with Crippen LogP contribution in [0.1, 0.15) is 15.9 Å². The highest BCUT2D eigenvalue weighted by molar-refractivity contribution is 7.14. The maximum Gasteiger partial charge on any atom is 0.339 e. The molecule has 1 N–H and O–H groups in total. The monoisotopic (exact) mass is 419 g/mol. The van der Waals surface area contributed by atoms with Gasteiger partial charge >= 0.3 is 5.97 Å². The Morgan fingerprint density at radius 2 is 1.97 bits per heavy atom. The summed E-state index contributed by atoms with van der Waals surface area (Å²) in [4.78, 5) is 30.4. The average Bonchev–Trinajstić information content (AvgIpc) is 3.43. The number of ether oxygens (including phenoxy) is 1. The van der Waals surface area contributed by atoms with Crippen molar-refractivity contribution in [2.75, 3.05) is 11.9 Å². The van der Waals surface area contributed by atoms with Gasteiger partial charge in [-0.15, -0.1) is 22.7 Å². The average molecular weight is 419 g/mol. The van der Waals surface area contributed by atoms with E-state index in [4.69, 9.17) is 10.00 Å². The lowest BCUT2D eigenvalue weighted by Gasteiger charge is -2.09. The molecule has 0 saturated carbocycles. The molecule has 0 aliphatic heterocycles. The molecule has 0 bridgehead atoms. The lowest BCUT2D eigenvalue weighted by Crippen LogP contribution is -2.21. The fourth-order valence-corrected chi connectivity index (χ4v) is 4.20. The smallest absolute Gasteiger partial charge is 0.339 e. The predicted molar refractivity (Wildman–Crippen MR) is 113 cm³/mol. The highest BCUT2D eigenvalue weighted by atomic mass is 32.1. The molecule has 8 heteroatoms. The Balaban J connectivity index is 1.55. The van der Waals surface area contributed by atoms with Crippen LogP contribution in [-0.4, -0.2) is 23.5 Å². The summed E-state index contributed by atoms with van der Waals surface area (Å²) >= 11 is 2.76. The summed E-state index contributed by atoms with van der Waals surface area (Å²) in [5, 5.41) is 16.3. The first-order valence-electron chi connectivity index (χ1n) is 8.54. The second-order valence-electron chi connectivity index (χ2n) is 5.95. The quantitative estimate of drug-likeness (QED) is 0.474. The molecule has 0 fully saturated rings. The lowest BCUT2D eigenvalue weighted by molar-refractivity contribution is -0.119. The largest absolute Gasteiger partial charge is 0.452 e. The predicted octanol–water partition coefficient (Wildman–Crippen LogP) is 4.69. The Bertz CT molecular complexity index is 1240. The number of hydrogen-bond acceptors (Lipinski definition) is 7. The molecule has 0 aliphatic carbocycles. The van der Waals surface area contributed by atoms with Gasteiger partial charge in [-0.25, -0.2) is 9.78 Å². The van der Waals surface area contributed by atoms with E-state index in [1.165, 1.54) is 22.7 Å². The van der Waals surface area contributed by atoms with Crippen LogP contribution in [0.2, 0.25) is 0 Å². The van der Waals surface area contributed by atoms with Crippen LogP contribution < -0.4 is 5.32 Å². The van der Waals surface area contributed by atoms with Crippen LogP contribution >= 0.6 is 22.7 Å². The molecule has 6 nitrogen and oxygen atoms in total. The number of fused-ring (bicyclic) bond motifs is 1. The second kappa shape index (κ2) is 8.22. The topological polar surface area (TPSA) is 92.1 Å². The number of pyridine rings is 1. The molecule has 0 aliphatic rings. The highest BCUT2D eigenvalue weighted by Crippen LogP contribution is 2.28. The molecular formula is C21H13N3O3S2. The molecule has 4 rings (SSSR count). The molecular weight excluding hydrogens is 406 g/mol. The number of nitriles is 1. The fourth-order valence-electron chi connectivity index (χ4n) is 2.76. The molecule has 0 saturated heterocycles. The molecule has 0 radical (unpaired) electrons. The zero-order valence-corrected chi connectivity index (χ0v) is 16.5. The first-order valence-corrected chi connectivity index (χ1v) is 10.3. The van der Waals surface area contributed by atoms with E-state index >= 15 is 0 Å². The minimum Gasteiger partial charge on any atom is -0.452 e. The van der Waals surface area contributed by atoms with Crippen molar-refractivity contribution < 1.29 is 14.3 Å². The first kappa shape index (κ1) is 18.8. The number of carbonyl (C=O) groups is 2.